The van der Waals surface area contributed by atoms with Crippen LogP contribution in [0, 0.1) is 6.92 Å². The second kappa shape index (κ2) is 7.88. The summed E-state index contributed by atoms with van der Waals surface area (Å²) < 4.78 is 5.00. The zero-order valence-electron chi connectivity index (χ0n) is 13.8. The van der Waals surface area contributed by atoms with Gasteiger partial charge < -0.3 is 10.1 Å². The van der Waals surface area contributed by atoms with E-state index in [4.69, 9.17) is 4.74 Å². The van der Waals surface area contributed by atoms with Crippen LogP contribution in [0.3, 0.4) is 0 Å². The molecule has 0 bridgehead atoms. The third-order valence-electron chi connectivity index (χ3n) is 3.52. The molecule has 0 radical (unpaired) electrons. The first kappa shape index (κ1) is 17.9. The van der Waals surface area contributed by atoms with E-state index in [9.17, 15) is 14.4 Å². The molecule has 2 rings (SSSR count). The summed E-state index contributed by atoms with van der Waals surface area (Å²) in [5, 5.41) is 2.80. The number of benzene rings is 1. The number of ketones is 1. The summed E-state index contributed by atoms with van der Waals surface area (Å²) in [7, 11) is 0. The van der Waals surface area contributed by atoms with Gasteiger partial charge in [0.05, 0.1) is 10.9 Å². The van der Waals surface area contributed by atoms with Crippen molar-refractivity contribution in [1.82, 2.24) is 5.32 Å². The molecule has 0 saturated carbocycles. The Hall–Kier alpha value is -2.47. The summed E-state index contributed by atoms with van der Waals surface area (Å²) in [5.41, 5.74) is 2.10. The zero-order chi connectivity index (χ0) is 17.7. The first-order valence-corrected chi connectivity index (χ1v) is 8.33. The van der Waals surface area contributed by atoms with E-state index in [0.29, 0.717) is 9.75 Å². The van der Waals surface area contributed by atoms with Gasteiger partial charge in [0, 0.05) is 0 Å². The molecule has 0 aliphatic rings. The first-order chi connectivity index (χ1) is 11.4. The van der Waals surface area contributed by atoms with Gasteiger partial charge in [-0.3, -0.25) is 9.59 Å². The van der Waals surface area contributed by atoms with Crippen molar-refractivity contribution in [3.63, 3.8) is 0 Å². The number of hydrogen-bond donors (Lipinski definition) is 1. The minimum absolute atomic E-state index is 0.108. The van der Waals surface area contributed by atoms with Crippen molar-refractivity contribution >= 4 is 29.0 Å². The molecule has 1 unspecified atom stereocenters. The molecule has 24 heavy (non-hydrogen) atoms. The molecule has 0 spiro atoms. The summed E-state index contributed by atoms with van der Waals surface area (Å²) in [6.45, 7) is 4.92. The number of nitrogens with one attached hydrogen (secondary N) is 1. The highest BCUT2D eigenvalue weighted by Crippen LogP contribution is 2.18. The number of carbonyl (C=O) groups is 3. The Labute approximate surface area is 144 Å². The molecule has 1 heterocycles. The lowest BCUT2D eigenvalue weighted by atomic mass is 10.0. The summed E-state index contributed by atoms with van der Waals surface area (Å²) in [6, 6.07) is 10.7. The third-order valence-corrected chi connectivity index (χ3v) is 4.69. The van der Waals surface area contributed by atoms with E-state index >= 15 is 0 Å². The summed E-state index contributed by atoms with van der Waals surface area (Å²) in [4.78, 5) is 35.9. The van der Waals surface area contributed by atoms with Crippen LogP contribution in [0.25, 0.3) is 0 Å². The number of carbonyl (C=O) groups excluding carboxylic acids is 3. The SMILES string of the molecule is CC(=O)c1ccc(C(=O)OCC(=O)NC(C)c2ccccc2C)s1. The van der Waals surface area contributed by atoms with Crippen molar-refractivity contribution in [2.24, 2.45) is 0 Å². The summed E-state index contributed by atoms with van der Waals surface area (Å²) in [5.74, 6) is -1.09. The van der Waals surface area contributed by atoms with E-state index in [2.05, 4.69) is 5.32 Å². The maximum Gasteiger partial charge on any atom is 0.348 e. The first-order valence-electron chi connectivity index (χ1n) is 7.51. The molecule has 0 aliphatic carbocycles. The molecule has 1 atom stereocenters. The second-order valence-electron chi connectivity index (χ2n) is 5.44. The van der Waals surface area contributed by atoms with Gasteiger partial charge in [0.15, 0.2) is 12.4 Å². The lowest BCUT2D eigenvalue weighted by Crippen LogP contribution is -2.31. The van der Waals surface area contributed by atoms with Gasteiger partial charge in [-0.15, -0.1) is 11.3 Å². The van der Waals surface area contributed by atoms with E-state index in [1.54, 1.807) is 6.07 Å². The van der Waals surface area contributed by atoms with Gasteiger partial charge in [-0.2, -0.15) is 0 Å². The average Bonchev–Trinajstić information content (AvgIpc) is 3.03. The summed E-state index contributed by atoms with van der Waals surface area (Å²) >= 11 is 1.06. The minimum Gasteiger partial charge on any atom is -0.451 e. The standard InChI is InChI=1S/C18H19NO4S/c1-11-6-4-5-7-14(11)12(2)19-17(21)10-23-18(22)16-9-8-15(24-16)13(3)20/h4-9,12H,10H2,1-3H3,(H,19,21). The van der Waals surface area contributed by atoms with E-state index in [0.717, 1.165) is 22.5 Å². The highest BCUT2D eigenvalue weighted by molar-refractivity contribution is 7.15. The maximum absolute atomic E-state index is 11.9. The Kier molecular flexibility index (Phi) is 5.87. The Morgan fingerprint density at radius 1 is 1.12 bits per heavy atom. The van der Waals surface area contributed by atoms with Crippen molar-refractivity contribution in [2.45, 2.75) is 26.8 Å². The van der Waals surface area contributed by atoms with Gasteiger partial charge in [0.1, 0.15) is 4.88 Å². The van der Waals surface area contributed by atoms with Crippen LogP contribution < -0.4 is 5.32 Å². The van der Waals surface area contributed by atoms with Gasteiger partial charge in [-0.25, -0.2) is 4.79 Å². The number of hydrogen-bond acceptors (Lipinski definition) is 5. The van der Waals surface area contributed by atoms with Crippen molar-refractivity contribution in [3.05, 3.63) is 57.3 Å². The van der Waals surface area contributed by atoms with Crippen LogP contribution in [0.1, 0.15) is 50.4 Å². The predicted molar refractivity (Wildman–Crippen MR) is 92.3 cm³/mol. The number of ether oxygens (including phenoxy) is 1. The number of amides is 1. The maximum atomic E-state index is 11.9. The lowest BCUT2D eigenvalue weighted by molar-refractivity contribution is -0.124. The van der Waals surface area contributed by atoms with E-state index in [1.165, 1.54) is 13.0 Å². The van der Waals surface area contributed by atoms with E-state index in [1.807, 2.05) is 38.1 Å². The molecular weight excluding hydrogens is 326 g/mol. The van der Waals surface area contributed by atoms with Gasteiger partial charge in [-0.05, 0) is 44.0 Å². The van der Waals surface area contributed by atoms with Crippen molar-refractivity contribution < 1.29 is 19.1 Å². The van der Waals surface area contributed by atoms with Crippen LogP contribution in [0.15, 0.2) is 36.4 Å². The second-order valence-corrected chi connectivity index (χ2v) is 6.53. The fourth-order valence-electron chi connectivity index (χ4n) is 2.27. The average molecular weight is 345 g/mol. The van der Waals surface area contributed by atoms with Crippen LogP contribution in [0.2, 0.25) is 0 Å². The number of aryl methyl sites for hydroxylation is 1. The molecule has 1 aromatic carbocycles. The molecule has 0 saturated heterocycles. The molecule has 0 aliphatic heterocycles. The monoisotopic (exact) mass is 345 g/mol. The highest BCUT2D eigenvalue weighted by atomic mass is 32.1. The molecular formula is C18H19NO4S. The zero-order valence-corrected chi connectivity index (χ0v) is 14.6. The van der Waals surface area contributed by atoms with Crippen molar-refractivity contribution in [3.8, 4) is 0 Å². The molecule has 1 aromatic heterocycles. The Morgan fingerprint density at radius 2 is 1.79 bits per heavy atom. The predicted octanol–water partition coefficient (Wildman–Crippen LogP) is 3.29. The Balaban J connectivity index is 1.87. The smallest absolute Gasteiger partial charge is 0.348 e. The summed E-state index contributed by atoms with van der Waals surface area (Å²) in [6.07, 6.45) is 0. The van der Waals surface area contributed by atoms with Crippen LogP contribution >= 0.6 is 11.3 Å². The fraction of sp³-hybridized carbons (Fsp3) is 0.278. The van der Waals surface area contributed by atoms with E-state index < -0.39 is 5.97 Å². The third kappa shape index (κ3) is 4.52. The van der Waals surface area contributed by atoms with Crippen LogP contribution in [0.5, 0.6) is 0 Å². The van der Waals surface area contributed by atoms with Gasteiger partial charge in [0.25, 0.3) is 5.91 Å². The van der Waals surface area contributed by atoms with Gasteiger partial charge in [0.2, 0.25) is 0 Å². The minimum atomic E-state index is -0.605. The van der Waals surface area contributed by atoms with Crippen LogP contribution in [0.4, 0.5) is 0 Å². The molecule has 6 heteroatoms. The highest BCUT2D eigenvalue weighted by Gasteiger charge is 2.16. The number of rotatable bonds is 6. The van der Waals surface area contributed by atoms with Crippen LogP contribution in [-0.4, -0.2) is 24.3 Å². The molecule has 5 nitrogen and oxygen atoms in total. The van der Waals surface area contributed by atoms with E-state index in [-0.39, 0.29) is 24.3 Å². The number of thiophene rings is 1. The van der Waals surface area contributed by atoms with Crippen LogP contribution in [-0.2, 0) is 9.53 Å². The van der Waals surface area contributed by atoms with Gasteiger partial charge >= 0.3 is 5.97 Å². The Bertz CT molecular complexity index is 766. The number of Topliss-reactive ketones (excluding diaryl/α,β-unsaturated/α-hetero) is 1. The molecule has 126 valence electrons. The molecule has 1 amide bonds. The van der Waals surface area contributed by atoms with Crippen molar-refractivity contribution in [2.75, 3.05) is 6.61 Å². The largest absolute Gasteiger partial charge is 0.451 e. The molecule has 2 aromatic rings. The lowest BCUT2D eigenvalue weighted by Gasteiger charge is -2.16. The quantitative estimate of drug-likeness (QED) is 0.644. The molecule has 1 N–H and O–H groups in total. The molecule has 0 fully saturated rings. The Morgan fingerprint density at radius 3 is 2.42 bits per heavy atom. The number of esters is 1. The van der Waals surface area contributed by atoms with Crippen molar-refractivity contribution in [1.29, 1.82) is 0 Å². The van der Waals surface area contributed by atoms with Gasteiger partial charge in [-0.1, -0.05) is 24.3 Å². The normalized spacial score (nSPS) is 11.6. The topological polar surface area (TPSA) is 72.5 Å². The fourth-order valence-corrected chi connectivity index (χ4v) is 3.07.